The van der Waals surface area contributed by atoms with Crippen LogP contribution in [0.15, 0.2) is 40.9 Å². The van der Waals surface area contributed by atoms with Gasteiger partial charge in [0.2, 0.25) is 0 Å². The molecule has 0 spiro atoms. The van der Waals surface area contributed by atoms with Crippen LogP contribution in [0.1, 0.15) is 5.56 Å². The van der Waals surface area contributed by atoms with Crippen molar-refractivity contribution in [2.75, 3.05) is 5.32 Å². The van der Waals surface area contributed by atoms with Gasteiger partial charge in [0.15, 0.2) is 0 Å². The SMILES string of the molecule is NC(=S)c1ccc(Br)cc1Nc1ccc(Cl)cc1I. The number of nitrogens with two attached hydrogens (primary N) is 1. The number of halogens is 3. The lowest BCUT2D eigenvalue weighted by molar-refractivity contribution is 1.49. The van der Waals surface area contributed by atoms with Crippen molar-refractivity contribution < 1.29 is 0 Å². The molecule has 0 fully saturated rings. The minimum atomic E-state index is 0.360. The van der Waals surface area contributed by atoms with Crippen molar-refractivity contribution in [3.63, 3.8) is 0 Å². The fourth-order valence-electron chi connectivity index (χ4n) is 1.57. The smallest absolute Gasteiger partial charge is 0.106 e. The fourth-order valence-corrected chi connectivity index (χ4v) is 3.12. The Morgan fingerprint density at radius 1 is 1.21 bits per heavy atom. The molecule has 0 unspecified atom stereocenters. The highest BCUT2D eigenvalue weighted by Gasteiger charge is 2.08. The summed E-state index contributed by atoms with van der Waals surface area (Å²) in [5.74, 6) is 0. The second-order valence-electron chi connectivity index (χ2n) is 3.80. The minimum absolute atomic E-state index is 0.360. The molecule has 0 aromatic heterocycles. The molecular formula is C13H9BrClIN2S. The molecule has 2 aromatic carbocycles. The molecule has 0 amide bonds. The number of anilines is 2. The maximum Gasteiger partial charge on any atom is 0.106 e. The first-order valence-electron chi connectivity index (χ1n) is 5.29. The first-order valence-corrected chi connectivity index (χ1v) is 7.94. The van der Waals surface area contributed by atoms with Gasteiger partial charge in [-0.25, -0.2) is 0 Å². The molecule has 2 aromatic rings. The number of hydrogen-bond donors (Lipinski definition) is 2. The second-order valence-corrected chi connectivity index (χ2v) is 6.76. The molecule has 2 rings (SSSR count). The van der Waals surface area contributed by atoms with E-state index >= 15 is 0 Å². The van der Waals surface area contributed by atoms with Crippen LogP contribution in [0.5, 0.6) is 0 Å². The van der Waals surface area contributed by atoms with Crippen LogP contribution < -0.4 is 11.1 Å². The van der Waals surface area contributed by atoms with Gasteiger partial charge in [-0.1, -0.05) is 39.7 Å². The van der Waals surface area contributed by atoms with Crippen LogP contribution in [0.3, 0.4) is 0 Å². The summed E-state index contributed by atoms with van der Waals surface area (Å²) in [6.07, 6.45) is 0. The third kappa shape index (κ3) is 3.81. The van der Waals surface area contributed by atoms with E-state index < -0.39 is 0 Å². The lowest BCUT2D eigenvalue weighted by atomic mass is 10.1. The average Bonchev–Trinajstić information content (AvgIpc) is 2.32. The molecule has 0 aliphatic carbocycles. The van der Waals surface area contributed by atoms with Gasteiger partial charge in [-0.15, -0.1) is 0 Å². The topological polar surface area (TPSA) is 38.0 Å². The highest BCUT2D eigenvalue weighted by Crippen LogP contribution is 2.29. The third-order valence-corrected chi connectivity index (χ3v) is 4.29. The number of hydrogen-bond acceptors (Lipinski definition) is 2. The number of benzene rings is 2. The predicted molar refractivity (Wildman–Crippen MR) is 97.5 cm³/mol. The number of rotatable bonds is 3. The van der Waals surface area contributed by atoms with Crippen LogP contribution in [-0.4, -0.2) is 4.99 Å². The lowest BCUT2D eigenvalue weighted by Gasteiger charge is -2.13. The fraction of sp³-hybridized carbons (Fsp3) is 0. The van der Waals surface area contributed by atoms with E-state index in [2.05, 4.69) is 43.8 Å². The zero-order valence-electron chi connectivity index (χ0n) is 9.58. The number of nitrogens with one attached hydrogen (secondary N) is 1. The Morgan fingerprint density at radius 2 is 1.95 bits per heavy atom. The van der Waals surface area contributed by atoms with Crippen LogP contribution in [0.2, 0.25) is 5.02 Å². The van der Waals surface area contributed by atoms with Crippen molar-refractivity contribution in [3.8, 4) is 0 Å². The van der Waals surface area contributed by atoms with Gasteiger partial charge >= 0.3 is 0 Å². The van der Waals surface area contributed by atoms with E-state index in [1.54, 1.807) is 0 Å². The van der Waals surface area contributed by atoms with Gasteiger partial charge in [0, 0.05) is 24.3 Å². The Bertz CT molecular complexity index is 649. The quantitative estimate of drug-likeness (QED) is 0.488. The van der Waals surface area contributed by atoms with E-state index in [4.69, 9.17) is 29.6 Å². The van der Waals surface area contributed by atoms with Crippen molar-refractivity contribution in [3.05, 3.63) is 55.0 Å². The van der Waals surface area contributed by atoms with E-state index in [-0.39, 0.29) is 0 Å². The summed E-state index contributed by atoms with van der Waals surface area (Å²) in [5, 5.41) is 4.03. The molecule has 98 valence electrons. The number of thiocarbonyl (C=S) groups is 1. The summed E-state index contributed by atoms with van der Waals surface area (Å²) in [5.41, 5.74) is 8.36. The van der Waals surface area contributed by atoms with Gasteiger partial charge in [0.25, 0.3) is 0 Å². The summed E-state index contributed by atoms with van der Waals surface area (Å²) in [6.45, 7) is 0. The minimum Gasteiger partial charge on any atom is -0.389 e. The maximum absolute atomic E-state index is 5.95. The summed E-state index contributed by atoms with van der Waals surface area (Å²) in [4.78, 5) is 0.360. The van der Waals surface area contributed by atoms with Crippen LogP contribution in [0, 0.1) is 3.57 Å². The lowest BCUT2D eigenvalue weighted by Crippen LogP contribution is -2.12. The molecule has 0 heterocycles. The first kappa shape index (κ1) is 15.0. The van der Waals surface area contributed by atoms with Crippen LogP contribution in [-0.2, 0) is 0 Å². The molecule has 0 saturated carbocycles. The van der Waals surface area contributed by atoms with Crippen molar-refractivity contribution >= 4 is 78.7 Å². The molecule has 6 heteroatoms. The normalized spacial score (nSPS) is 10.3. The van der Waals surface area contributed by atoms with E-state index in [1.165, 1.54) is 0 Å². The van der Waals surface area contributed by atoms with Crippen LogP contribution in [0.4, 0.5) is 11.4 Å². The zero-order chi connectivity index (χ0) is 14.0. The summed E-state index contributed by atoms with van der Waals surface area (Å²) < 4.78 is 1.98. The summed E-state index contributed by atoms with van der Waals surface area (Å²) in [7, 11) is 0. The second kappa shape index (κ2) is 6.39. The first-order chi connectivity index (χ1) is 8.97. The zero-order valence-corrected chi connectivity index (χ0v) is 14.9. The van der Waals surface area contributed by atoms with Crippen LogP contribution >= 0.6 is 62.3 Å². The van der Waals surface area contributed by atoms with Crippen molar-refractivity contribution in [2.45, 2.75) is 0 Å². The molecule has 0 saturated heterocycles. The Balaban J connectivity index is 2.42. The molecule has 0 radical (unpaired) electrons. The van der Waals surface area contributed by atoms with E-state index in [9.17, 15) is 0 Å². The Morgan fingerprint density at radius 3 is 2.58 bits per heavy atom. The Hall–Kier alpha value is -0.370. The molecule has 2 nitrogen and oxygen atoms in total. The van der Waals surface area contributed by atoms with Gasteiger partial charge in [-0.05, 0) is 59.0 Å². The average molecular weight is 468 g/mol. The third-order valence-electron chi connectivity index (χ3n) is 2.45. The van der Waals surface area contributed by atoms with Gasteiger partial charge in [-0.3, -0.25) is 0 Å². The molecular weight excluding hydrogens is 458 g/mol. The molecule has 0 aliphatic heterocycles. The van der Waals surface area contributed by atoms with E-state index in [1.807, 2.05) is 36.4 Å². The van der Waals surface area contributed by atoms with Gasteiger partial charge in [0.1, 0.15) is 4.99 Å². The van der Waals surface area contributed by atoms with E-state index in [0.29, 0.717) is 10.0 Å². The molecule has 3 N–H and O–H groups in total. The van der Waals surface area contributed by atoms with Crippen molar-refractivity contribution in [2.24, 2.45) is 5.73 Å². The largest absolute Gasteiger partial charge is 0.389 e. The molecule has 0 bridgehead atoms. The van der Waals surface area contributed by atoms with Gasteiger partial charge < -0.3 is 11.1 Å². The monoisotopic (exact) mass is 466 g/mol. The summed E-state index contributed by atoms with van der Waals surface area (Å²) in [6, 6.07) is 11.4. The molecule has 0 atom stereocenters. The Labute approximate surface area is 144 Å². The predicted octanol–water partition coefficient (Wildman–Crippen LogP) is 5.08. The van der Waals surface area contributed by atoms with Gasteiger partial charge in [-0.2, -0.15) is 0 Å². The highest BCUT2D eigenvalue weighted by molar-refractivity contribution is 14.1. The van der Waals surface area contributed by atoms with Crippen molar-refractivity contribution in [1.82, 2.24) is 0 Å². The molecule has 19 heavy (non-hydrogen) atoms. The molecule has 0 aliphatic rings. The Kier molecular flexibility index (Phi) is 5.05. The summed E-state index contributed by atoms with van der Waals surface area (Å²) >= 11 is 16.7. The van der Waals surface area contributed by atoms with Crippen LogP contribution in [0.25, 0.3) is 0 Å². The van der Waals surface area contributed by atoms with E-state index in [0.717, 1.165) is 25.0 Å². The van der Waals surface area contributed by atoms with Gasteiger partial charge in [0.05, 0.1) is 5.69 Å². The van der Waals surface area contributed by atoms with Crippen molar-refractivity contribution in [1.29, 1.82) is 0 Å². The maximum atomic E-state index is 5.95. The standard InChI is InChI=1S/C13H9BrClIN2S/c14-7-1-3-9(13(17)19)12(5-7)18-11-4-2-8(15)6-10(11)16/h1-6,18H,(H2,17,19). The highest BCUT2D eigenvalue weighted by atomic mass is 127.